The predicted molar refractivity (Wildman–Crippen MR) is 74.3 cm³/mol. The first-order valence-corrected chi connectivity index (χ1v) is 6.42. The van der Waals surface area contributed by atoms with Crippen LogP contribution in [-0.2, 0) is 22.3 Å². The van der Waals surface area contributed by atoms with Gasteiger partial charge in [-0.3, -0.25) is 4.79 Å². The van der Waals surface area contributed by atoms with Crippen molar-refractivity contribution in [1.29, 1.82) is 0 Å². The number of ether oxygens (including phenoxy) is 1. The molecule has 5 nitrogen and oxygen atoms in total. The minimum atomic E-state index is -1.19. The van der Waals surface area contributed by atoms with Gasteiger partial charge < -0.3 is 9.84 Å². The third kappa shape index (κ3) is 3.88. The maximum atomic E-state index is 12.3. The zero-order chi connectivity index (χ0) is 14.8. The van der Waals surface area contributed by atoms with Gasteiger partial charge in [0.2, 0.25) is 0 Å². The van der Waals surface area contributed by atoms with E-state index in [1.807, 2.05) is 20.8 Å². The van der Waals surface area contributed by atoms with Gasteiger partial charge in [-0.15, -0.1) is 0 Å². The maximum Gasteiger partial charge on any atom is 0.272 e. The fourth-order valence-corrected chi connectivity index (χ4v) is 1.68. The summed E-state index contributed by atoms with van der Waals surface area (Å²) in [5, 5.41) is 14.5. The molecule has 1 heterocycles. The lowest BCUT2D eigenvalue weighted by Crippen LogP contribution is -2.36. The quantitative estimate of drug-likeness (QED) is 0.897. The Balaban J connectivity index is 3.44. The van der Waals surface area contributed by atoms with Crippen molar-refractivity contribution in [3.63, 3.8) is 0 Å². The minimum absolute atomic E-state index is 0.192. The lowest BCUT2D eigenvalue weighted by molar-refractivity contribution is 0.0753. The molecule has 19 heavy (non-hydrogen) atoms. The van der Waals surface area contributed by atoms with Crippen molar-refractivity contribution in [3.05, 3.63) is 27.7 Å². The summed E-state index contributed by atoms with van der Waals surface area (Å²) < 4.78 is 6.36. The van der Waals surface area contributed by atoms with Crippen molar-refractivity contribution in [2.24, 2.45) is 0 Å². The topological polar surface area (TPSA) is 64.3 Å². The summed E-state index contributed by atoms with van der Waals surface area (Å²) in [4.78, 5) is 12.3. The number of methoxy groups -OCH3 is 1. The Morgan fingerprint density at radius 1 is 1.32 bits per heavy atom. The smallest absolute Gasteiger partial charge is 0.272 e. The number of hydrogen-bond acceptors (Lipinski definition) is 4. The normalized spacial score (nSPS) is 12.8. The molecule has 0 amide bonds. The molecule has 0 unspecified atom stereocenters. The van der Waals surface area contributed by atoms with Crippen molar-refractivity contribution in [2.45, 2.75) is 52.2 Å². The second-order valence-electron chi connectivity index (χ2n) is 6.27. The molecule has 0 saturated carbocycles. The van der Waals surface area contributed by atoms with Crippen molar-refractivity contribution in [3.8, 4) is 0 Å². The second-order valence-corrected chi connectivity index (χ2v) is 6.27. The van der Waals surface area contributed by atoms with E-state index in [4.69, 9.17) is 4.74 Å². The Morgan fingerprint density at radius 2 is 1.89 bits per heavy atom. The fraction of sp³-hybridized carbons (Fsp3) is 0.714. The van der Waals surface area contributed by atoms with Gasteiger partial charge in [-0.2, -0.15) is 5.10 Å². The molecule has 0 aliphatic heterocycles. The van der Waals surface area contributed by atoms with Crippen LogP contribution in [0.1, 0.15) is 45.9 Å². The average Bonchev–Trinajstić information content (AvgIpc) is 2.24. The molecule has 0 fully saturated rings. The summed E-state index contributed by atoms with van der Waals surface area (Å²) in [5.74, 6) is 0. The standard InChI is InChI=1S/C14H24N2O3/c1-13(2,3)11-9-10(14(4,5)18)12(17)16(15-11)7-8-19-6/h9,18H,7-8H2,1-6H3. The summed E-state index contributed by atoms with van der Waals surface area (Å²) in [6, 6.07) is 1.70. The zero-order valence-corrected chi connectivity index (χ0v) is 12.6. The Morgan fingerprint density at radius 3 is 2.32 bits per heavy atom. The van der Waals surface area contributed by atoms with E-state index < -0.39 is 5.60 Å². The summed E-state index contributed by atoms with van der Waals surface area (Å²) in [5.41, 5.74) is -0.501. The van der Waals surface area contributed by atoms with E-state index in [-0.39, 0.29) is 11.0 Å². The fourth-order valence-electron chi connectivity index (χ4n) is 1.68. The first kappa shape index (κ1) is 15.9. The lowest BCUT2D eigenvalue weighted by Gasteiger charge is -2.24. The molecule has 0 aliphatic carbocycles. The minimum Gasteiger partial charge on any atom is -0.386 e. The highest BCUT2D eigenvalue weighted by atomic mass is 16.5. The van der Waals surface area contributed by atoms with Crippen molar-refractivity contribution < 1.29 is 9.84 Å². The number of hydrogen-bond donors (Lipinski definition) is 1. The Kier molecular flexibility index (Phi) is 4.53. The second kappa shape index (κ2) is 5.43. The highest BCUT2D eigenvalue weighted by molar-refractivity contribution is 5.23. The molecular formula is C14H24N2O3. The lowest BCUT2D eigenvalue weighted by atomic mass is 9.89. The zero-order valence-electron chi connectivity index (χ0n) is 12.6. The van der Waals surface area contributed by atoms with Crippen LogP contribution in [0.15, 0.2) is 10.9 Å². The van der Waals surface area contributed by atoms with Gasteiger partial charge >= 0.3 is 0 Å². The van der Waals surface area contributed by atoms with Crippen LogP contribution in [0, 0.1) is 0 Å². The van der Waals surface area contributed by atoms with E-state index in [2.05, 4.69) is 5.10 Å². The van der Waals surface area contributed by atoms with Gasteiger partial charge in [0.15, 0.2) is 0 Å². The van der Waals surface area contributed by atoms with Gasteiger partial charge in [-0.1, -0.05) is 20.8 Å². The highest BCUT2D eigenvalue weighted by Gasteiger charge is 2.26. The predicted octanol–water partition coefficient (Wildman–Crippen LogP) is 1.41. The maximum absolute atomic E-state index is 12.3. The van der Waals surface area contributed by atoms with Gasteiger partial charge in [-0.05, 0) is 19.9 Å². The van der Waals surface area contributed by atoms with E-state index in [0.717, 1.165) is 5.69 Å². The molecule has 0 atom stereocenters. The van der Waals surface area contributed by atoms with Crippen molar-refractivity contribution in [2.75, 3.05) is 13.7 Å². The van der Waals surface area contributed by atoms with Gasteiger partial charge in [-0.25, -0.2) is 4.68 Å². The SMILES string of the molecule is COCCn1nc(C(C)(C)C)cc(C(C)(C)O)c1=O. The first-order chi connectivity index (χ1) is 8.57. The molecular weight excluding hydrogens is 244 g/mol. The van der Waals surface area contributed by atoms with Crippen LogP contribution in [0.4, 0.5) is 0 Å². The third-order valence-electron chi connectivity index (χ3n) is 2.91. The van der Waals surface area contributed by atoms with Crippen molar-refractivity contribution >= 4 is 0 Å². The van der Waals surface area contributed by atoms with Crippen LogP contribution in [-0.4, -0.2) is 28.6 Å². The molecule has 0 spiro atoms. The molecule has 5 heteroatoms. The van der Waals surface area contributed by atoms with E-state index in [9.17, 15) is 9.90 Å². The van der Waals surface area contributed by atoms with E-state index >= 15 is 0 Å². The van der Waals surface area contributed by atoms with Crippen LogP contribution in [0.3, 0.4) is 0 Å². The van der Waals surface area contributed by atoms with E-state index in [1.54, 1.807) is 27.0 Å². The van der Waals surface area contributed by atoms with E-state index in [1.165, 1.54) is 4.68 Å². The molecule has 1 aromatic rings. The molecule has 0 saturated heterocycles. The van der Waals surface area contributed by atoms with Gasteiger partial charge in [0.05, 0.1) is 30.0 Å². The Labute approximate surface area is 114 Å². The molecule has 108 valence electrons. The molecule has 0 radical (unpaired) electrons. The number of nitrogens with zero attached hydrogens (tertiary/aromatic N) is 2. The van der Waals surface area contributed by atoms with Gasteiger partial charge in [0, 0.05) is 12.5 Å². The molecule has 1 aromatic heterocycles. The molecule has 0 bridgehead atoms. The van der Waals surface area contributed by atoms with Crippen LogP contribution >= 0.6 is 0 Å². The number of aliphatic hydroxyl groups is 1. The molecule has 0 aromatic carbocycles. The summed E-state index contributed by atoms with van der Waals surface area (Å²) >= 11 is 0. The van der Waals surface area contributed by atoms with E-state index in [0.29, 0.717) is 18.7 Å². The molecule has 1 rings (SSSR count). The summed E-state index contributed by atoms with van der Waals surface area (Å²) in [7, 11) is 1.58. The van der Waals surface area contributed by atoms with Crippen LogP contribution in [0.25, 0.3) is 0 Å². The average molecular weight is 268 g/mol. The number of aromatic nitrogens is 2. The Hall–Kier alpha value is -1.20. The van der Waals surface area contributed by atoms with Crippen LogP contribution in [0.5, 0.6) is 0 Å². The third-order valence-corrected chi connectivity index (χ3v) is 2.91. The molecule has 1 N–H and O–H groups in total. The van der Waals surface area contributed by atoms with Gasteiger partial charge in [0.25, 0.3) is 5.56 Å². The highest BCUT2D eigenvalue weighted by Crippen LogP contribution is 2.23. The molecule has 0 aliphatic rings. The van der Waals surface area contributed by atoms with Crippen molar-refractivity contribution in [1.82, 2.24) is 9.78 Å². The van der Waals surface area contributed by atoms with Crippen LogP contribution in [0.2, 0.25) is 0 Å². The van der Waals surface area contributed by atoms with Crippen LogP contribution < -0.4 is 5.56 Å². The number of rotatable bonds is 4. The largest absolute Gasteiger partial charge is 0.386 e. The summed E-state index contributed by atoms with van der Waals surface area (Å²) in [6.45, 7) is 10.1. The first-order valence-electron chi connectivity index (χ1n) is 6.42. The monoisotopic (exact) mass is 268 g/mol. The Bertz CT molecular complexity index is 493. The van der Waals surface area contributed by atoms with Gasteiger partial charge in [0.1, 0.15) is 0 Å². The summed E-state index contributed by atoms with van der Waals surface area (Å²) in [6.07, 6.45) is 0.